The first kappa shape index (κ1) is 25.7. The molecule has 1 heterocycles. The molecule has 1 aromatic heterocycles. The Morgan fingerprint density at radius 3 is 2.34 bits per heavy atom. The number of rotatable bonds is 10. The van der Waals surface area contributed by atoms with E-state index in [1.165, 1.54) is 42.6 Å². The number of nitrogens with zero attached hydrogens (tertiary/aromatic N) is 1. The predicted octanol–water partition coefficient (Wildman–Crippen LogP) is 5.97. The van der Waals surface area contributed by atoms with E-state index in [1.807, 2.05) is 12.1 Å². The molecular formula is C28H39N3O3S. The van der Waals surface area contributed by atoms with E-state index in [9.17, 15) is 9.59 Å². The molecule has 0 spiro atoms. The number of nitrogens with one attached hydrogen (secondary N) is 2. The van der Waals surface area contributed by atoms with Crippen molar-refractivity contribution in [1.29, 1.82) is 0 Å². The molecule has 7 heteroatoms. The molecule has 0 bridgehead atoms. The van der Waals surface area contributed by atoms with Crippen LogP contribution in [0.1, 0.15) is 105 Å². The quantitative estimate of drug-likeness (QED) is 0.424. The molecule has 2 aromatic rings. The van der Waals surface area contributed by atoms with Crippen molar-refractivity contribution in [2.45, 2.75) is 103 Å². The molecule has 0 saturated heterocycles. The van der Waals surface area contributed by atoms with E-state index in [-0.39, 0.29) is 23.9 Å². The molecule has 2 aliphatic carbocycles. The third kappa shape index (κ3) is 7.53. The predicted molar refractivity (Wildman–Crippen MR) is 140 cm³/mol. The zero-order valence-electron chi connectivity index (χ0n) is 21.1. The Kier molecular flexibility index (Phi) is 9.18. The van der Waals surface area contributed by atoms with Gasteiger partial charge in [0.05, 0.1) is 0 Å². The van der Waals surface area contributed by atoms with Gasteiger partial charge in [-0.3, -0.25) is 9.59 Å². The fourth-order valence-corrected chi connectivity index (χ4v) is 5.89. The third-order valence-corrected chi connectivity index (χ3v) is 8.20. The Balaban J connectivity index is 1.25. The molecule has 6 nitrogen and oxygen atoms in total. The SMILES string of the molecule is CC(C)c1ccc(OCc2nc(C(=O)N[C@@H]3CCCC[C@H]3NC(=O)CCC3CCCC3)cs2)cc1. The second-order valence-electron chi connectivity index (χ2n) is 10.4. The molecule has 2 aliphatic rings. The third-order valence-electron chi connectivity index (χ3n) is 7.38. The van der Waals surface area contributed by atoms with Crippen LogP contribution in [0.4, 0.5) is 0 Å². The van der Waals surface area contributed by atoms with Gasteiger partial charge in [0.2, 0.25) is 5.91 Å². The number of aromatic nitrogens is 1. The van der Waals surface area contributed by atoms with Crippen molar-refractivity contribution in [1.82, 2.24) is 15.6 Å². The number of thiazole rings is 1. The van der Waals surface area contributed by atoms with Crippen molar-refractivity contribution in [2.24, 2.45) is 5.92 Å². The fourth-order valence-electron chi connectivity index (χ4n) is 5.21. The van der Waals surface area contributed by atoms with Crippen molar-refractivity contribution in [3.8, 4) is 5.75 Å². The van der Waals surface area contributed by atoms with Crippen molar-refractivity contribution in [2.75, 3.05) is 0 Å². The van der Waals surface area contributed by atoms with E-state index in [0.29, 0.717) is 30.6 Å². The standard InChI is InChI=1S/C28H39N3O3S/c1-19(2)21-12-14-22(15-13-21)34-17-27-30-25(18-35-27)28(33)31-24-10-6-5-9-23(24)29-26(32)16-11-20-7-3-4-8-20/h12-15,18-20,23-24H,3-11,16-17H2,1-2H3,(H,29,32)(H,31,33)/t23-,24-/m1/s1. The van der Waals surface area contributed by atoms with Crippen LogP contribution in [0.15, 0.2) is 29.6 Å². The normalized spacial score (nSPS) is 20.7. The van der Waals surface area contributed by atoms with Crippen LogP contribution in [0.2, 0.25) is 0 Å². The maximum atomic E-state index is 12.9. The van der Waals surface area contributed by atoms with Crippen molar-refractivity contribution in [3.05, 3.63) is 45.9 Å². The number of hydrogen-bond acceptors (Lipinski definition) is 5. The number of carbonyl (C=O) groups is 2. The number of amides is 2. The summed E-state index contributed by atoms with van der Waals surface area (Å²) in [5, 5.41) is 8.91. The largest absolute Gasteiger partial charge is 0.486 e. The lowest BCUT2D eigenvalue weighted by atomic mass is 9.90. The highest BCUT2D eigenvalue weighted by Gasteiger charge is 2.29. The van der Waals surface area contributed by atoms with Gasteiger partial charge in [0.25, 0.3) is 5.91 Å². The summed E-state index contributed by atoms with van der Waals surface area (Å²) in [6.45, 7) is 4.67. The number of hydrogen-bond donors (Lipinski definition) is 2. The lowest BCUT2D eigenvalue weighted by Gasteiger charge is -2.32. The molecule has 2 atom stereocenters. The van der Waals surface area contributed by atoms with Gasteiger partial charge in [0.15, 0.2) is 0 Å². The Hall–Kier alpha value is -2.41. The maximum Gasteiger partial charge on any atom is 0.271 e. The summed E-state index contributed by atoms with van der Waals surface area (Å²) in [7, 11) is 0. The van der Waals surface area contributed by atoms with E-state index < -0.39 is 0 Å². The van der Waals surface area contributed by atoms with Crippen LogP contribution in [0.3, 0.4) is 0 Å². The lowest BCUT2D eigenvalue weighted by Crippen LogP contribution is -2.53. The van der Waals surface area contributed by atoms with Crippen molar-refractivity contribution in [3.63, 3.8) is 0 Å². The van der Waals surface area contributed by atoms with E-state index in [2.05, 4.69) is 41.6 Å². The summed E-state index contributed by atoms with van der Waals surface area (Å²) in [4.78, 5) is 30.0. The summed E-state index contributed by atoms with van der Waals surface area (Å²) < 4.78 is 5.86. The van der Waals surface area contributed by atoms with Gasteiger partial charge in [-0.25, -0.2) is 4.98 Å². The van der Waals surface area contributed by atoms with Crippen LogP contribution in [-0.2, 0) is 11.4 Å². The lowest BCUT2D eigenvalue weighted by molar-refractivity contribution is -0.122. The molecule has 35 heavy (non-hydrogen) atoms. The summed E-state index contributed by atoms with van der Waals surface area (Å²) >= 11 is 1.43. The molecule has 4 rings (SSSR count). The number of ether oxygens (including phenoxy) is 1. The van der Waals surface area contributed by atoms with Gasteiger partial charge >= 0.3 is 0 Å². The van der Waals surface area contributed by atoms with Gasteiger partial charge in [-0.15, -0.1) is 11.3 Å². The highest BCUT2D eigenvalue weighted by molar-refractivity contribution is 7.09. The molecule has 1 aromatic carbocycles. The minimum Gasteiger partial charge on any atom is -0.486 e. The van der Waals surface area contributed by atoms with Gasteiger partial charge in [0, 0.05) is 23.9 Å². The van der Waals surface area contributed by atoms with Gasteiger partial charge < -0.3 is 15.4 Å². The summed E-state index contributed by atoms with van der Waals surface area (Å²) in [6, 6.07) is 8.06. The molecule has 2 amide bonds. The first-order valence-electron chi connectivity index (χ1n) is 13.3. The average molecular weight is 498 g/mol. The zero-order valence-corrected chi connectivity index (χ0v) is 21.9. The average Bonchev–Trinajstić information content (AvgIpc) is 3.55. The first-order chi connectivity index (χ1) is 17.0. The molecule has 2 saturated carbocycles. The molecule has 2 fully saturated rings. The molecule has 0 radical (unpaired) electrons. The van der Waals surface area contributed by atoms with Gasteiger partial charge in [-0.2, -0.15) is 0 Å². The fraction of sp³-hybridized carbons (Fsp3) is 0.607. The second kappa shape index (κ2) is 12.5. The Labute approximate surface area is 213 Å². The van der Waals surface area contributed by atoms with Crippen LogP contribution >= 0.6 is 11.3 Å². The van der Waals surface area contributed by atoms with Crippen LogP contribution in [0.5, 0.6) is 5.75 Å². The molecule has 190 valence electrons. The monoisotopic (exact) mass is 497 g/mol. The highest BCUT2D eigenvalue weighted by atomic mass is 32.1. The molecule has 2 N–H and O–H groups in total. The van der Waals surface area contributed by atoms with Crippen LogP contribution < -0.4 is 15.4 Å². The van der Waals surface area contributed by atoms with E-state index in [0.717, 1.165) is 42.9 Å². The topological polar surface area (TPSA) is 80.3 Å². The van der Waals surface area contributed by atoms with Crippen LogP contribution in [0, 0.1) is 5.92 Å². The Morgan fingerprint density at radius 2 is 1.66 bits per heavy atom. The minimum absolute atomic E-state index is 0.000900. The van der Waals surface area contributed by atoms with Gasteiger partial charge in [-0.05, 0) is 48.8 Å². The van der Waals surface area contributed by atoms with Crippen molar-refractivity contribution >= 4 is 23.2 Å². The Morgan fingerprint density at radius 1 is 1.00 bits per heavy atom. The summed E-state index contributed by atoms with van der Waals surface area (Å²) in [6.07, 6.45) is 10.6. The van der Waals surface area contributed by atoms with Crippen LogP contribution in [0.25, 0.3) is 0 Å². The number of carbonyl (C=O) groups excluding carboxylic acids is 2. The summed E-state index contributed by atoms with van der Waals surface area (Å²) in [5.41, 5.74) is 1.69. The highest BCUT2D eigenvalue weighted by Crippen LogP contribution is 2.28. The molecule has 0 aliphatic heterocycles. The van der Waals surface area contributed by atoms with Gasteiger partial charge in [-0.1, -0.05) is 64.5 Å². The smallest absolute Gasteiger partial charge is 0.271 e. The van der Waals surface area contributed by atoms with Crippen LogP contribution in [-0.4, -0.2) is 28.9 Å². The minimum atomic E-state index is -0.175. The van der Waals surface area contributed by atoms with Crippen molar-refractivity contribution < 1.29 is 14.3 Å². The van der Waals surface area contributed by atoms with E-state index in [4.69, 9.17) is 4.74 Å². The van der Waals surface area contributed by atoms with E-state index in [1.54, 1.807) is 5.38 Å². The second-order valence-corrected chi connectivity index (χ2v) is 11.3. The molecule has 0 unspecified atom stereocenters. The first-order valence-corrected chi connectivity index (χ1v) is 14.1. The Bertz CT molecular complexity index is 966. The van der Waals surface area contributed by atoms with E-state index >= 15 is 0 Å². The number of benzene rings is 1. The molecular weight excluding hydrogens is 458 g/mol. The van der Waals surface area contributed by atoms with Gasteiger partial charge in [0.1, 0.15) is 23.1 Å². The zero-order chi connectivity index (χ0) is 24.6. The summed E-state index contributed by atoms with van der Waals surface area (Å²) in [5.74, 6) is 1.94. The maximum absolute atomic E-state index is 12.9.